The van der Waals surface area contributed by atoms with E-state index in [0.29, 0.717) is 22.0 Å². The molecule has 0 aliphatic rings. The Kier molecular flexibility index (Phi) is 8.14. The van der Waals surface area contributed by atoms with E-state index < -0.39 is 23.9 Å². The van der Waals surface area contributed by atoms with Crippen LogP contribution in [0.15, 0.2) is 48.5 Å². The molecule has 7 heteroatoms. The SMILES string of the molecule is CCOC(=O)C(C(=O)OCC)C(Nc1ccc(Cl)cc1)c1ccc(OC)cc1. The van der Waals surface area contributed by atoms with Gasteiger partial charge in [-0.15, -0.1) is 0 Å². The molecule has 1 N–H and O–H groups in total. The van der Waals surface area contributed by atoms with Crippen molar-refractivity contribution in [1.29, 1.82) is 0 Å². The van der Waals surface area contributed by atoms with Crippen LogP contribution in [0.2, 0.25) is 5.02 Å². The molecule has 6 nitrogen and oxygen atoms in total. The molecular weight excluding hydrogens is 382 g/mol. The molecule has 0 amide bonds. The molecule has 1 unspecified atom stereocenters. The van der Waals surface area contributed by atoms with Crippen LogP contribution in [-0.2, 0) is 19.1 Å². The molecule has 1 atom stereocenters. The van der Waals surface area contributed by atoms with Gasteiger partial charge in [0.25, 0.3) is 0 Å². The van der Waals surface area contributed by atoms with Gasteiger partial charge in [0.2, 0.25) is 0 Å². The molecule has 2 rings (SSSR count). The molecule has 0 radical (unpaired) electrons. The summed E-state index contributed by atoms with van der Waals surface area (Å²) >= 11 is 5.95. The highest BCUT2D eigenvalue weighted by Crippen LogP contribution is 2.31. The summed E-state index contributed by atoms with van der Waals surface area (Å²) in [4.78, 5) is 25.3. The number of benzene rings is 2. The van der Waals surface area contributed by atoms with Gasteiger partial charge in [-0.3, -0.25) is 9.59 Å². The number of hydrogen-bond donors (Lipinski definition) is 1. The standard InChI is InChI=1S/C21H24ClNO5/c1-4-27-20(24)18(21(25)28-5-2)19(14-6-12-17(26-3)13-7-14)23-16-10-8-15(22)9-11-16/h6-13,18-19,23H,4-5H2,1-3H3. The first-order valence-electron chi connectivity index (χ1n) is 8.99. The lowest BCUT2D eigenvalue weighted by Crippen LogP contribution is -2.36. The van der Waals surface area contributed by atoms with Crippen molar-refractivity contribution < 1.29 is 23.8 Å². The normalized spacial score (nSPS) is 11.6. The van der Waals surface area contributed by atoms with Crippen molar-refractivity contribution in [3.05, 3.63) is 59.1 Å². The largest absolute Gasteiger partial charge is 0.497 e. The average molecular weight is 406 g/mol. The van der Waals surface area contributed by atoms with Crippen LogP contribution in [0.25, 0.3) is 0 Å². The number of methoxy groups -OCH3 is 1. The Labute approximate surface area is 169 Å². The number of carbonyl (C=O) groups excluding carboxylic acids is 2. The van der Waals surface area contributed by atoms with Gasteiger partial charge < -0.3 is 19.5 Å². The number of nitrogens with one attached hydrogen (secondary N) is 1. The van der Waals surface area contributed by atoms with E-state index >= 15 is 0 Å². The second-order valence-corrected chi connectivity index (χ2v) is 6.32. The van der Waals surface area contributed by atoms with Crippen molar-refractivity contribution in [1.82, 2.24) is 0 Å². The summed E-state index contributed by atoms with van der Waals surface area (Å²) in [5, 5.41) is 3.82. The van der Waals surface area contributed by atoms with E-state index in [1.165, 1.54) is 0 Å². The fraction of sp³-hybridized carbons (Fsp3) is 0.333. The first-order chi connectivity index (χ1) is 13.5. The quantitative estimate of drug-likeness (QED) is 0.496. The lowest BCUT2D eigenvalue weighted by atomic mass is 9.92. The fourth-order valence-corrected chi connectivity index (χ4v) is 2.85. The molecule has 0 aliphatic heterocycles. The molecule has 0 spiro atoms. The monoisotopic (exact) mass is 405 g/mol. The lowest BCUT2D eigenvalue weighted by Gasteiger charge is -2.26. The van der Waals surface area contributed by atoms with Crippen LogP contribution < -0.4 is 10.1 Å². The third-order valence-corrected chi connectivity index (χ3v) is 4.31. The summed E-state index contributed by atoms with van der Waals surface area (Å²) < 4.78 is 15.5. The Hall–Kier alpha value is -2.73. The summed E-state index contributed by atoms with van der Waals surface area (Å²) in [5.74, 6) is -1.81. The first kappa shape index (κ1) is 21.6. The molecule has 0 fully saturated rings. The van der Waals surface area contributed by atoms with E-state index in [1.54, 1.807) is 69.5 Å². The number of carbonyl (C=O) groups is 2. The number of rotatable bonds is 9. The smallest absolute Gasteiger partial charge is 0.322 e. The second kappa shape index (κ2) is 10.6. The summed E-state index contributed by atoms with van der Waals surface area (Å²) in [6.45, 7) is 3.69. The maximum Gasteiger partial charge on any atom is 0.322 e. The van der Waals surface area contributed by atoms with Crippen molar-refractivity contribution in [3.63, 3.8) is 0 Å². The predicted octanol–water partition coefficient (Wildman–Crippen LogP) is 4.24. The number of halogens is 1. The summed E-state index contributed by atoms with van der Waals surface area (Å²) in [7, 11) is 1.57. The highest BCUT2D eigenvalue weighted by Gasteiger charge is 2.38. The Morgan fingerprint density at radius 3 is 1.93 bits per heavy atom. The third-order valence-electron chi connectivity index (χ3n) is 4.06. The molecule has 150 valence electrons. The number of anilines is 1. The van der Waals surface area contributed by atoms with E-state index in [0.717, 1.165) is 0 Å². The van der Waals surface area contributed by atoms with Crippen molar-refractivity contribution >= 4 is 29.2 Å². The van der Waals surface area contributed by atoms with Crippen LogP contribution in [-0.4, -0.2) is 32.3 Å². The van der Waals surface area contributed by atoms with Crippen LogP contribution in [0.5, 0.6) is 5.75 Å². The maximum absolute atomic E-state index is 12.6. The van der Waals surface area contributed by atoms with Crippen molar-refractivity contribution in [2.75, 3.05) is 25.6 Å². The average Bonchev–Trinajstić information content (AvgIpc) is 2.69. The lowest BCUT2D eigenvalue weighted by molar-refractivity contribution is -0.162. The van der Waals surface area contributed by atoms with E-state index in [4.69, 9.17) is 25.8 Å². The third kappa shape index (κ3) is 5.63. The number of hydrogen-bond acceptors (Lipinski definition) is 6. The van der Waals surface area contributed by atoms with Crippen LogP contribution in [0.3, 0.4) is 0 Å². The van der Waals surface area contributed by atoms with E-state index in [1.807, 2.05) is 0 Å². The molecule has 0 aliphatic carbocycles. The van der Waals surface area contributed by atoms with E-state index in [9.17, 15) is 9.59 Å². The van der Waals surface area contributed by atoms with Gasteiger partial charge in [0.15, 0.2) is 5.92 Å². The summed E-state index contributed by atoms with van der Waals surface area (Å²) in [6.07, 6.45) is 0. The zero-order valence-corrected chi connectivity index (χ0v) is 16.9. The van der Waals surface area contributed by atoms with Gasteiger partial charge in [-0.2, -0.15) is 0 Å². The Morgan fingerprint density at radius 1 is 0.929 bits per heavy atom. The highest BCUT2D eigenvalue weighted by molar-refractivity contribution is 6.30. The van der Waals surface area contributed by atoms with Crippen molar-refractivity contribution in [3.8, 4) is 5.75 Å². The van der Waals surface area contributed by atoms with Gasteiger partial charge in [0.05, 0.1) is 26.4 Å². The zero-order valence-electron chi connectivity index (χ0n) is 16.1. The molecule has 0 saturated heterocycles. The molecular formula is C21H24ClNO5. The number of esters is 2. The zero-order chi connectivity index (χ0) is 20.5. The summed E-state index contributed by atoms with van der Waals surface area (Å²) in [5.41, 5.74) is 1.41. The number of ether oxygens (including phenoxy) is 3. The maximum atomic E-state index is 12.6. The Balaban J connectivity index is 2.46. The Morgan fingerprint density at radius 2 is 1.46 bits per heavy atom. The molecule has 0 aromatic heterocycles. The minimum atomic E-state index is -1.18. The van der Waals surface area contributed by atoms with Gasteiger partial charge in [-0.1, -0.05) is 23.7 Å². The van der Waals surface area contributed by atoms with Crippen LogP contribution >= 0.6 is 11.6 Å². The summed E-state index contributed by atoms with van der Waals surface area (Å²) in [6, 6.07) is 13.4. The van der Waals surface area contributed by atoms with Gasteiger partial charge in [-0.05, 0) is 55.8 Å². The molecule has 0 heterocycles. The van der Waals surface area contributed by atoms with E-state index in [-0.39, 0.29) is 13.2 Å². The van der Waals surface area contributed by atoms with Gasteiger partial charge in [-0.25, -0.2) is 0 Å². The molecule has 2 aromatic rings. The van der Waals surface area contributed by atoms with Crippen LogP contribution in [0.1, 0.15) is 25.5 Å². The van der Waals surface area contributed by atoms with E-state index in [2.05, 4.69) is 5.32 Å². The molecule has 28 heavy (non-hydrogen) atoms. The van der Waals surface area contributed by atoms with Crippen LogP contribution in [0, 0.1) is 5.92 Å². The highest BCUT2D eigenvalue weighted by atomic mass is 35.5. The van der Waals surface area contributed by atoms with Gasteiger partial charge in [0, 0.05) is 10.7 Å². The Bertz CT molecular complexity index is 758. The van der Waals surface area contributed by atoms with Crippen molar-refractivity contribution in [2.24, 2.45) is 5.92 Å². The van der Waals surface area contributed by atoms with Gasteiger partial charge in [0.1, 0.15) is 5.75 Å². The second-order valence-electron chi connectivity index (χ2n) is 5.88. The van der Waals surface area contributed by atoms with Crippen molar-refractivity contribution in [2.45, 2.75) is 19.9 Å². The molecule has 2 aromatic carbocycles. The minimum Gasteiger partial charge on any atom is -0.497 e. The molecule has 0 bridgehead atoms. The first-order valence-corrected chi connectivity index (χ1v) is 9.37. The van der Waals surface area contributed by atoms with Crippen LogP contribution in [0.4, 0.5) is 5.69 Å². The topological polar surface area (TPSA) is 73.9 Å². The predicted molar refractivity (Wildman–Crippen MR) is 108 cm³/mol. The van der Waals surface area contributed by atoms with Gasteiger partial charge >= 0.3 is 11.9 Å². The molecule has 0 saturated carbocycles. The minimum absolute atomic E-state index is 0.158. The fourth-order valence-electron chi connectivity index (χ4n) is 2.73.